The monoisotopic (exact) mass is 400 g/mol. The molecule has 0 saturated carbocycles. The molecule has 0 aliphatic carbocycles. The number of benzene rings is 1. The van der Waals surface area contributed by atoms with E-state index in [0.29, 0.717) is 32.0 Å². The van der Waals surface area contributed by atoms with Crippen LogP contribution in [0.2, 0.25) is 0 Å². The number of carbonyl (C=O) groups excluding carboxylic acids is 2. The minimum atomic E-state index is -0.465. The molecule has 0 radical (unpaired) electrons. The van der Waals surface area contributed by atoms with Gasteiger partial charge in [0.25, 0.3) is 0 Å². The number of nitrogens with zero attached hydrogens (tertiary/aromatic N) is 2. The van der Waals surface area contributed by atoms with Gasteiger partial charge < -0.3 is 18.9 Å². The van der Waals surface area contributed by atoms with Crippen LogP contribution in [-0.4, -0.2) is 46.8 Å². The average Bonchev–Trinajstić information content (AvgIpc) is 2.99. The quantitative estimate of drug-likeness (QED) is 0.698. The molecular formula is C23H32N2O4. The predicted octanol–water partition coefficient (Wildman–Crippen LogP) is 4.39. The van der Waals surface area contributed by atoms with Gasteiger partial charge in [-0.2, -0.15) is 0 Å². The molecule has 1 aliphatic heterocycles. The lowest BCUT2D eigenvalue weighted by Gasteiger charge is -2.33. The van der Waals surface area contributed by atoms with Gasteiger partial charge in [-0.15, -0.1) is 0 Å². The van der Waals surface area contributed by atoms with Gasteiger partial charge in [-0.1, -0.05) is 18.2 Å². The highest BCUT2D eigenvalue weighted by atomic mass is 16.6. The highest BCUT2D eigenvalue weighted by Gasteiger charge is 2.27. The van der Waals surface area contributed by atoms with Gasteiger partial charge in [-0.25, -0.2) is 4.79 Å². The summed E-state index contributed by atoms with van der Waals surface area (Å²) in [5.41, 5.74) is 1.68. The van der Waals surface area contributed by atoms with E-state index in [0.717, 1.165) is 35.9 Å². The molecule has 1 aromatic heterocycles. The zero-order chi connectivity index (χ0) is 21.0. The number of ether oxygens (including phenoxy) is 2. The van der Waals surface area contributed by atoms with E-state index in [9.17, 15) is 9.59 Å². The normalized spacial score (nSPS) is 15.5. The lowest BCUT2D eigenvalue weighted by molar-refractivity contribution is -0.142. The fourth-order valence-corrected chi connectivity index (χ4v) is 3.89. The highest BCUT2D eigenvalue weighted by Crippen LogP contribution is 2.26. The first-order chi connectivity index (χ1) is 13.8. The van der Waals surface area contributed by atoms with E-state index in [1.54, 1.807) is 0 Å². The summed E-state index contributed by atoms with van der Waals surface area (Å²) in [4.78, 5) is 26.0. The van der Waals surface area contributed by atoms with Crippen molar-refractivity contribution < 1.29 is 19.1 Å². The molecule has 2 heterocycles. The Morgan fingerprint density at radius 3 is 2.48 bits per heavy atom. The number of fused-ring (bicyclic) bond motifs is 1. The van der Waals surface area contributed by atoms with Crippen LogP contribution in [0.25, 0.3) is 10.9 Å². The van der Waals surface area contributed by atoms with E-state index >= 15 is 0 Å². The Hall–Kier alpha value is -2.50. The van der Waals surface area contributed by atoms with E-state index in [2.05, 4.69) is 22.9 Å². The molecule has 0 atom stereocenters. The molecule has 0 N–H and O–H groups in total. The summed E-state index contributed by atoms with van der Waals surface area (Å²) in [5, 5.41) is 1.10. The molecular weight excluding hydrogens is 368 g/mol. The summed E-state index contributed by atoms with van der Waals surface area (Å²) in [5.74, 6) is 0.293. The van der Waals surface area contributed by atoms with E-state index < -0.39 is 5.60 Å². The number of hydrogen-bond donors (Lipinski definition) is 0. The number of piperidine rings is 1. The van der Waals surface area contributed by atoms with Crippen molar-refractivity contribution in [1.29, 1.82) is 0 Å². The van der Waals surface area contributed by atoms with Crippen LogP contribution < -0.4 is 0 Å². The van der Waals surface area contributed by atoms with Crippen LogP contribution in [0.4, 0.5) is 4.79 Å². The number of esters is 1. The molecule has 0 unspecified atom stereocenters. The van der Waals surface area contributed by atoms with Crippen molar-refractivity contribution in [2.45, 2.75) is 59.1 Å². The smallest absolute Gasteiger partial charge is 0.410 e. The molecule has 6 nitrogen and oxygen atoms in total. The molecule has 0 bridgehead atoms. The number of likely N-dealkylation sites (tertiary alicyclic amines) is 1. The van der Waals surface area contributed by atoms with Gasteiger partial charge in [0, 0.05) is 36.7 Å². The minimum absolute atomic E-state index is 0.193. The predicted molar refractivity (Wildman–Crippen MR) is 113 cm³/mol. The van der Waals surface area contributed by atoms with Crippen molar-refractivity contribution >= 4 is 23.0 Å². The van der Waals surface area contributed by atoms with E-state index in [1.165, 1.54) is 0 Å². The number of rotatable bonds is 5. The van der Waals surface area contributed by atoms with Gasteiger partial charge in [0.2, 0.25) is 0 Å². The molecule has 1 saturated heterocycles. The zero-order valence-corrected chi connectivity index (χ0v) is 17.9. The third-order valence-corrected chi connectivity index (χ3v) is 5.23. The van der Waals surface area contributed by atoms with Crippen molar-refractivity contribution in [3.8, 4) is 0 Å². The number of carbonyl (C=O) groups is 2. The van der Waals surface area contributed by atoms with Crippen LogP contribution in [0.5, 0.6) is 0 Å². The first kappa shape index (κ1) is 21.2. The van der Waals surface area contributed by atoms with Crippen LogP contribution in [-0.2, 0) is 27.2 Å². The van der Waals surface area contributed by atoms with Crippen LogP contribution in [0, 0.1) is 5.92 Å². The number of hydrogen-bond acceptors (Lipinski definition) is 4. The van der Waals surface area contributed by atoms with Crippen LogP contribution in [0.3, 0.4) is 0 Å². The summed E-state index contributed by atoms with van der Waals surface area (Å²) in [6.07, 6.45) is 4.04. The molecule has 0 spiro atoms. The van der Waals surface area contributed by atoms with Crippen molar-refractivity contribution in [3.05, 3.63) is 36.0 Å². The Kier molecular flexibility index (Phi) is 6.50. The first-order valence-electron chi connectivity index (χ1n) is 10.5. The molecule has 158 valence electrons. The maximum Gasteiger partial charge on any atom is 0.410 e. The summed E-state index contributed by atoms with van der Waals surface area (Å²) in [6, 6.07) is 8.18. The van der Waals surface area contributed by atoms with Crippen LogP contribution in [0.15, 0.2) is 30.5 Å². The summed E-state index contributed by atoms with van der Waals surface area (Å²) < 4.78 is 12.9. The largest absolute Gasteiger partial charge is 0.466 e. The van der Waals surface area contributed by atoms with E-state index in [4.69, 9.17) is 9.47 Å². The van der Waals surface area contributed by atoms with E-state index in [-0.39, 0.29) is 12.1 Å². The Balaban J connectivity index is 1.65. The van der Waals surface area contributed by atoms with Gasteiger partial charge in [0.1, 0.15) is 5.60 Å². The van der Waals surface area contributed by atoms with Gasteiger partial charge in [0.05, 0.1) is 13.0 Å². The molecule has 3 rings (SSSR count). The second kappa shape index (κ2) is 8.89. The van der Waals surface area contributed by atoms with Gasteiger partial charge >= 0.3 is 12.1 Å². The van der Waals surface area contributed by atoms with Crippen molar-refractivity contribution in [1.82, 2.24) is 9.47 Å². The molecule has 2 aromatic rings. The number of para-hydroxylation sites is 1. The zero-order valence-electron chi connectivity index (χ0n) is 17.9. The van der Waals surface area contributed by atoms with Crippen molar-refractivity contribution in [3.63, 3.8) is 0 Å². The van der Waals surface area contributed by atoms with Crippen LogP contribution >= 0.6 is 0 Å². The SMILES string of the molecule is CCOC(=O)Cc1cn(CC2CCN(C(=O)OC(C)(C)C)CC2)c2ccccc12. The Morgan fingerprint density at radius 2 is 1.83 bits per heavy atom. The number of amides is 1. The topological polar surface area (TPSA) is 60.8 Å². The third-order valence-electron chi connectivity index (χ3n) is 5.23. The van der Waals surface area contributed by atoms with Crippen LogP contribution in [0.1, 0.15) is 46.1 Å². The number of aromatic nitrogens is 1. The molecule has 1 fully saturated rings. The lowest BCUT2D eigenvalue weighted by atomic mass is 9.97. The van der Waals surface area contributed by atoms with Crippen molar-refractivity contribution in [2.24, 2.45) is 5.92 Å². The Bertz CT molecular complexity index is 857. The van der Waals surface area contributed by atoms with Gasteiger partial charge in [-0.05, 0) is 58.1 Å². The molecule has 1 aromatic carbocycles. The van der Waals surface area contributed by atoms with Gasteiger partial charge in [-0.3, -0.25) is 4.79 Å². The Labute approximate surface area is 172 Å². The standard InChI is InChI=1S/C23H32N2O4/c1-5-28-21(26)14-18-16-25(20-9-7-6-8-19(18)20)15-17-10-12-24(13-11-17)22(27)29-23(2,3)4/h6-9,16-17H,5,10-15H2,1-4H3. The molecule has 29 heavy (non-hydrogen) atoms. The summed E-state index contributed by atoms with van der Waals surface area (Å²) in [7, 11) is 0. The fraction of sp³-hybridized carbons (Fsp3) is 0.565. The Morgan fingerprint density at radius 1 is 1.14 bits per heavy atom. The highest BCUT2D eigenvalue weighted by molar-refractivity contribution is 5.88. The lowest BCUT2D eigenvalue weighted by Crippen LogP contribution is -2.42. The van der Waals surface area contributed by atoms with E-state index in [1.807, 2.05) is 44.7 Å². The minimum Gasteiger partial charge on any atom is -0.466 e. The second-order valence-electron chi connectivity index (χ2n) is 8.72. The fourth-order valence-electron chi connectivity index (χ4n) is 3.89. The summed E-state index contributed by atoms with van der Waals surface area (Å²) >= 11 is 0. The third kappa shape index (κ3) is 5.52. The maximum absolute atomic E-state index is 12.3. The molecule has 6 heteroatoms. The summed E-state index contributed by atoms with van der Waals surface area (Å²) in [6.45, 7) is 10.2. The first-order valence-corrected chi connectivity index (χ1v) is 10.5. The maximum atomic E-state index is 12.3. The van der Waals surface area contributed by atoms with Gasteiger partial charge in [0.15, 0.2) is 0 Å². The van der Waals surface area contributed by atoms with Crippen molar-refractivity contribution in [2.75, 3.05) is 19.7 Å². The molecule has 1 amide bonds. The second-order valence-corrected chi connectivity index (χ2v) is 8.72. The molecule has 1 aliphatic rings. The average molecular weight is 401 g/mol.